The Hall–Kier alpha value is -0.260. The molecule has 106 valence electrons. The summed E-state index contributed by atoms with van der Waals surface area (Å²) >= 11 is 7.99. The Morgan fingerprint density at radius 1 is 1.47 bits per heavy atom. The van der Waals surface area contributed by atoms with Gasteiger partial charge in [0.25, 0.3) is 0 Å². The molecule has 1 aliphatic rings. The van der Waals surface area contributed by atoms with E-state index in [1.807, 2.05) is 36.0 Å². The molecule has 2 unspecified atom stereocenters. The monoisotopic (exact) mass is 301 g/mol. The van der Waals surface area contributed by atoms with Gasteiger partial charge in [-0.15, -0.1) is 0 Å². The van der Waals surface area contributed by atoms with Gasteiger partial charge in [0, 0.05) is 23.4 Å². The van der Waals surface area contributed by atoms with Crippen LogP contribution < -0.4 is 5.32 Å². The van der Waals surface area contributed by atoms with Gasteiger partial charge in [-0.25, -0.2) is 0 Å². The minimum atomic E-state index is -0.465. The van der Waals surface area contributed by atoms with Crippen LogP contribution in [0.1, 0.15) is 12.0 Å². The lowest BCUT2D eigenvalue weighted by molar-refractivity contribution is 0.0280. The Bertz CT molecular complexity index is 385. The third-order valence-electron chi connectivity index (χ3n) is 3.10. The Kier molecular flexibility index (Phi) is 6.47. The van der Waals surface area contributed by atoms with Crippen molar-refractivity contribution in [1.82, 2.24) is 5.32 Å². The fourth-order valence-electron chi connectivity index (χ4n) is 1.98. The van der Waals surface area contributed by atoms with Crippen molar-refractivity contribution < 1.29 is 9.84 Å². The number of halogens is 1. The van der Waals surface area contributed by atoms with Crippen LogP contribution in [0, 0.1) is 0 Å². The summed E-state index contributed by atoms with van der Waals surface area (Å²) in [6.07, 6.45) is 0.728. The molecule has 0 radical (unpaired) electrons. The van der Waals surface area contributed by atoms with Crippen LogP contribution in [-0.2, 0) is 11.3 Å². The van der Waals surface area contributed by atoms with E-state index in [-0.39, 0.29) is 0 Å². The lowest BCUT2D eigenvalue weighted by Crippen LogP contribution is -2.37. The Morgan fingerprint density at radius 3 is 3.05 bits per heavy atom. The van der Waals surface area contributed by atoms with Crippen LogP contribution >= 0.6 is 23.4 Å². The van der Waals surface area contributed by atoms with Crippen LogP contribution in [0.3, 0.4) is 0 Å². The molecule has 0 saturated carbocycles. The van der Waals surface area contributed by atoms with Crippen molar-refractivity contribution >= 4 is 23.4 Å². The number of hydrogen-bond donors (Lipinski definition) is 2. The minimum Gasteiger partial charge on any atom is -0.389 e. The molecule has 3 nitrogen and oxygen atoms in total. The molecule has 0 amide bonds. The summed E-state index contributed by atoms with van der Waals surface area (Å²) in [5.41, 5.74) is 0.955. The molecule has 1 aromatic carbocycles. The van der Waals surface area contributed by atoms with Crippen molar-refractivity contribution in [2.24, 2.45) is 0 Å². The van der Waals surface area contributed by atoms with Crippen molar-refractivity contribution in [3.63, 3.8) is 0 Å². The summed E-state index contributed by atoms with van der Waals surface area (Å²) in [5, 5.41) is 13.9. The Balaban J connectivity index is 1.61. The van der Waals surface area contributed by atoms with Crippen molar-refractivity contribution in [2.45, 2.75) is 25.2 Å². The molecule has 0 bridgehead atoms. The average molecular weight is 302 g/mol. The molecular weight excluding hydrogens is 282 g/mol. The van der Waals surface area contributed by atoms with Gasteiger partial charge in [-0.2, -0.15) is 11.8 Å². The van der Waals surface area contributed by atoms with Crippen LogP contribution in [0.25, 0.3) is 0 Å². The lowest BCUT2D eigenvalue weighted by Gasteiger charge is -2.16. The first-order chi connectivity index (χ1) is 9.25. The SMILES string of the molecule is OC(CNC1CCSC1)COCc1ccccc1Cl. The summed E-state index contributed by atoms with van der Waals surface area (Å²) in [6, 6.07) is 8.15. The van der Waals surface area contributed by atoms with E-state index >= 15 is 0 Å². The van der Waals surface area contributed by atoms with Crippen LogP contribution in [0.15, 0.2) is 24.3 Å². The largest absolute Gasteiger partial charge is 0.389 e. The predicted octanol–water partition coefficient (Wildman–Crippen LogP) is 2.31. The fraction of sp³-hybridized carbons (Fsp3) is 0.571. The van der Waals surface area contributed by atoms with Crippen LogP contribution in [0.5, 0.6) is 0 Å². The van der Waals surface area contributed by atoms with E-state index in [0.717, 1.165) is 11.3 Å². The zero-order chi connectivity index (χ0) is 13.5. The van der Waals surface area contributed by atoms with Gasteiger partial charge in [-0.1, -0.05) is 29.8 Å². The number of aliphatic hydroxyl groups is 1. The molecule has 1 heterocycles. The average Bonchev–Trinajstić information content (AvgIpc) is 2.92. The smallest absolute Gasteiger partial charge is 0.0897 e. The molecule has 19 heavy (non-hydrogen) atoms. The molecule has 1 fully saturated rings. The molecule has 2 rings (SSSR count). The third kappa shape index (κ3) is 5.32. The van der Waals surface area contributed by atoms with Gasteiger partial charge in [0.2, 0.25) is 0 Å². The van der Waals surface area contributed by atoms with Crippen molar-refractivity contribution in [3.05, 3.63) is 34.9 Å². The van der Waals surface area contributed by atoms with Crippen molar-refractivity contribution in [2.75, 3.05) is 24.7 Å². The number of rotatable bonds is 7. The van der Waals surface area contributed by atoms with Gasteiger partial charge in [0.1, 0.15) is 0 Å². The summed E-state index contributed by atoms with van der Waals surface area (Å²) in [6.45, 7) is 1.36. The van der Waals surface area contributed by atoms with E-state index in [1.165, 1.54) is 12.2 Å². The highest BCUT2D eigenvalue weighted by molar-refractivity contribution is 7.99. The number of hydrogen-bond acceptors (Lipinski definition) is 4. The second-order valence-electron chi connectivity index (χ2n) is 4.73. The van der Waals surface area contributed by atoms with Gasteiger partial charge < -0.3 is 15.2 Å². The normalized spacial score (nSPS) is 20.6. The molecule has 5 heteroatoms. The zero-order valence-corrected chi connectivity index (χ0v) is 12.4. The van der Waals surface area contributed by atoms with Crippen molar-refractivity contribution in [3.8, 4) is 0 Å². The lowest BCUT2D eigenvalue weighted by atomic mass is 10.2. The molecule has 0 spiro atoms. The highest BCUT2D eigenvalue weighted by Gasteiger charge is 2.16. The van der Waals surface area contributed by atoms with E-state index in [9.17, 15) is 5.11 Å². The molecule has 1 aliphatic heterocycles. The highest BCUT2D eigenvalue weighted by Crippen LogP contribution is 2.17. The minimum absolute atomic E-state index is 0.331. The molecule has 0 aromatic heterocycles. The fourth-order valence-corrected chi connectivity index (χ4v) is 3.35. The van der Waals surface area contributed by atoms with E-state index < -0.39 is 6.10 Å². The number of nitrogens with one attached hydrogen (secondary N) is 1. The molecule has 2 atom stereocenters. The quantitative estimate of drug-likeness (QED) is 0.811. The predicted molar refractivity (Wildman–Crippen MR) is 80.8 cm³/mol. The molecule has 1 saturated heterocycles. The molecular formula is C14H20ClNO2S. The number of aliphatic hydroxyl groups excluding tert-OH is 1. The highest BCUT2D eigenvalue weighted by atomic mass is 35.5. The maximum Gasteiger partial charge on any atom is 0.0897 e. The summed E-state index contributed by atoms with van der Waals surface area (Å²) < 4.78 is 5.50. The van der Waals surface area contributed by atoms with E-state index in [4.69, 9.17) is 16.3 Å². The summed E-state index contributed by atoms with van der Waals surface area (Å²) in [7, 11) is 0. The van der Waals surface area contributed by atoms with E-state index in [0.29, 0.717) is 30.8 Å². The first-order valence-corrected chi connectivity index (χ1v) is 8.09. The maximum absolute atomic E-state index is 9.83. The number of benzene rings is 1. The maximum atomic E-state index is 9.83. The molecule has 1 aromatic rings. The number of ether oxygens (including phenoxy) is 1. The Labute approximate surface area is 123 Å². The number of thioether (sulfide) groups is 1. The zero-order valence-electron chi connectivity index (χ0n) is 10.8. The van der Waals surface area contributed by atoms with E-state index in [1.54, 1.807) is 0 Å². The van der Waals surface area contributed by atoms with Crippen LogP contribution in [-0.4, -0.2) is 41.9 Å². The van der Waals surface area contributed by atoms with Gasteiger partial charge in [0.05, 0.1) is 19.3 Å². The van der Waals surface area contributed by atoms with Gasteiger partial charge in [-0.3, -0.25) is 0 Å². The standard InChI is InChI=1S/C14H20ClNO2S/c15-14-4-2-1-3-11(14)8-18-9-13(17)7-16-12-5-6-19-10-12/h1-4,12-13,16-17H,5-10H2. The van der Waals surface area contributed by atoms with Crippen LogP contribution in [0.4, 0.5) is 0 Å². The van der Waals surface area contributed by atoms with Gasteiger partial charge >= 0.3 is 0 Å². The first-order valence-electron chi connectivity index (χ1n) is 6.56. The second-order valence-corrected chi connectivity index (χ2v) is 6.29. The van der Waals surface area contributed by atoms with Crippen LogP contribution in [0.2, 0.25) is 5.02 Å². The van der Waals surface area contributed by atoms with Crippen molar-refractivity contribution in [1.29, 1.82) is 0 Å². The Morgan fingerprint density at radius 2 is 2.32 bits per heavy atom. The topological polar surface area (TPSA) is 41.5 Å². The third-order valence-corrected chi connectivity index (χ3v) is 4.63. The van der Waals surface area contributed by atoms with E-state index in [2.05, 4.69) is 5.32 Å². The van der Waals surface area contributed by atoms with Gasteiger partial charge in [-0.05, 0) is 23.8 Å². The molecule has 2 N–H and O–H groups in total. The van der Waals surface area contributed by atoms with Gasteiger partial charge in [0.15, 0.2) is 0 Å². The molecule has 0 aliphatic carbocycles. The summed E-state index contributed by atoms with van der Waals surface area (Å²) in [4.78, 5) is 0. The second kappa shape index (κ2) is 8.12. The first kappa shape index (κ1) is 15.1. The summed E-state index contributed by atoms with van der Waals surface area (Å²) in [5.74, 6) is 2.37.